The molecule has 23 heavy (non-hydrogen) atoms. The monoisotopic (exact) mass is 318 g/mol. The predicted molar refractivity (Wildman–Crippen MR) is 90.2 cm³/mol. The van der Waals surface area contributed by atoms with E-state index in [1.165, 1.54) is 0 Å². The summed E-state index contributed by atoms with van der Waals surface area (Å²) >= 11 is 0. The zero-order chi connectivity index (χ0) is 17.0. The van der Waals surface area contributed by atoms with Gasteiger partial charge in [-0.1, -0.05) is 27.7 Å². The summed E-state index contributed by atoms with van der Waals surface area (Å²) in [5.41, 5.74) is 2.73. The number of aromatic amines is 1. The van der Waals surface area contributed by atoms with Gasteiger partial charge in [-0.2, -0.15) is 5.10 Å². The summed E-state index contributed by atoms with van der Waals surface area (Å²) in [6.45, 7) is 9.84. The molecule has 0 saturated carbocycles. The molecule has 2 N–H and O–H groups in total. The number of H-pyrrole nitrogens is 1. The molecule has 2 aromatic heterocycles. The molecule has 0 spiro atoms. The second-order valence-electron chi connectivity index (χ2n) is 6.54. The molecule has 7 heteroatoms. The van der Waals surface area contributed by atoms with Gasteiger partial charge in [0, 0.05) is 19.8 Å². The third-order valence-electron chi connectivity index (χ3n) is 3.52. The van der Waals surface area contributed by atoms with Crippen LogP contribution in [0.3, 0.4) is 0 Å². The number of imidazole rings is 1. The van der Waals surface area contributed by atoms with E-state index in [1.807, 2.05) is 4.68 Å². The SMILES string of the molecule is CC(C)Cn1ncc(NC(=O)N(C)Cc2cnc[nH]2)c1C(C)C. The number of carbonyl (C=O) groups is 1. The summed E-state index contributed by atoms with van der Waals surface area (Å²) in [5.74, 6) is 0.781. The Labute approximate surface area is 137 Å². The minimum absolute atomic E-state index is 0.161. The quantitative estimate of drug-likeness (QED) is 0.859. The average molecular weight is 318 g/mol. The lowest BCUT2D eigenvalue weighted by atomic mass is 10.1. The molecule has 0 bridgehead atoms. The van der Waals surface area contributed by atoms with Crippen LogP contribution in [-0.4, -0.2) is 37.7 Å². The second kappa shape index (κ2) is 7.30. The number of carbonyl (C=O) groups excluding carboxylic acids is 1. The Morgan fingerprint density at radius 3 is 2.65 bits per heavy atom. The minimum Gasteiger partial charge on any atom is -0.347 e. The number of nitrogens with zero attached hydrogens (tertiary/aromatic N) is 4. The normalized spacial score (nSPS) is 11.3. The van der Waals surface area contributed by atoms with E-state index in [-0.39, 0.29) is 11.9 Å². The van der Waals surface area contributed by atoms with E-state index in [0.717, 1.165) is 23.6 Å². The maximum Gasteiger partial charge on any atom is 0.322 e. The largest absolute Gasteiger partial charge is 0.347 e. The first-order valence-corrected chi connectivity index (χ1v) is 7.93. The Morgan fingerprint density at radius 2 is 2.09 bits per heavy atom. The van der Waals surface area contributed by atoms with Gasteiger partial charge in [0.25, 0.3) is 0 Å². The Kier molecular flexibility index (Phi) is 5.41. The van der Waals surface area contributed by atoms with E-state index < -0.39 is 0 Å². The van der Waals surface area contributed by atoms with Gasteiger partial charge in [-0.25, -0.2) is 9.78 Å². The fourth-order valence-corrected chi connectivity index (χ4v) is 2.50. The van der Waals surface area contributed by atoms with Crippen LogP contribution >= 0.6 is 0 Å². The molecule has 126 valence electrons. The Hall–Kier alpha value is -2.31. The highest BCUT2D eigenvalue weighted by Crippen LogP contribution is 2.25. The number of nitrogens with one attached hydrogen (secondary N) is 2. The third kappa shape index (κ3) is 4.34. The van der Waals surface area contributed by atoms with Crippen molar-refractivity contribution in [3.05, 3.63) is 30.1 Å². The summed E-state index contributed by atoms with van der Waals surface area (Å²) < 4.78 is 1.99. The fourth-order valence-electron chi connectivity index (χ4n) is 2.50. The van der Waals surface area contributed by atoms with Crippen LogP contribution < -0.4 is 5.32 Å². The van der Waals surface area contributed by atoms with Gasteiger partial charge in [0.05, 0.1) is 36.1 Å². The molecule has 2 amide bonds. The number of aromatic nitrogens is 4. The molecular weight excluding hydrogens is 292 g/mol. The van der Waals surface area contributed by atoms with Crippen molar-refractivity contribution in [1.29, 1.82) is 0 Å². The number of rotatable bonds is 6. The molecule has 0 fully saturated rings. The fraction of sp³-hybridized carbons (Fsp3) is 0.562. The summed E-state index contributed by atoms with van der Waals surface area (Å²) in [7, 11) is 1.75. The van der Waals surface area contributed by atoms with Crippen LogP contribution in [0.4, 0.5) is 10.5 Å². The van der Waals surface area contributed by atoms with Gasteiger partial charge in [0.2, 0.25) is 0 Å². The van der Waals surface area contributed by atoms with Gasteiger partial charge in [-0.3, -0.25) is 4.68 Å². The Morgan fingerprint density at radius 1 is 1.35 bits per heavy atom. The molecule has 0 unspecified atom stereocenters. The number of anilines is 1. The van der Waals surface area contributed by atoms with E-state index in [9.17, 15) is 4.79 Å². The molecule has 0 saturated heterocycles. The van der Waals surface area contributed by atoms with Crippen LogP contribution in [0.25, 0.3) is 0 Å². The molecule has 2 rings (SSSR count). The highest BCUT2D eigenvalue weighted by atomic mass is 16.2. The van der Waals surface area contributed by atoms with Crippen molar-refractivity contribution in [3.63, 3.8) is 0 Å². The lowest BCUT2D eigenvalue weighted by Gasteiger charge is -2.19. The lowest BCUT2D eigenvalue weighted by Crippen LogP contribution is -2.31. The lowest BCUT2D eigenvalue weighted by molar-refractivity contribution is 0.220. The molecule has 0 aromatic carbocycles. The van der Waals surface area contributed by atoms with Gasteiger partial charge in [-0.15, -0.1) is 0 Å². The zero-order valence-corrected chi connectivity index (χ0v) is 14.5. The van der Waals surface area contributed by atoms with Crippen molar-refractivity contribution < 1.29 is 4.79 Å². The molecule has 2 aromatic rings. The number of amides is 2. The maximum atomic E-state index is 12.4. The molecule has 0 aliphatic carbocycles. The van der Waals surface area contributed by atoms with Crippen molar-refractivity contribution in [2.24, 2.45) is 5.92 Å². The predicted octanol–water partition coefficient (Wildman–Crippen LogP) is 3.05. The summed E-state index contributed by atoms with van der Waals surface area (Å²) in [6.07, 6.45) is 5.05. The number of urea groups is 1. The molecule has 7 nitrogen and oxygen atoms in total. The standard InChI is InChI=1S/C16H26N6O/c1-11(2)8-22-15(12(3)4)14(7-19-22)20-16(23)21(5)9-13-6-17-10-18-13/h6-7,10-12H,8-9H2,1-5H3,(H,17,18)(H,20,23). The smallest absolute Gasteiger partial charge is 0.322 e. The molecule has 0 atom stereocenters. The average Bonchev–Trinajstić information content (AvgIpc) is 3.08. The van der Waals surface area contributed by atoms with E-state index in [1.54, 1.807) is 30.7 Å². The topological polar surface area (TPSA) is 78.8 Å². The van der Waals surface area contributed by atoms with Gasteiger partial charge < -0.3 is 15.2 Å². The van der Waals surface area contributed by atoms with Crippen LogP contribution in [0.5, 0.6) is 0 Å². The minimum atomic E-state index is -0.161. The summed E-state index contributed by atoms with van der Waals surface area (Å²) in [6, 6.07) is -0.161. The van der Waals surface area contributed by atoms with Crippen molar-refractivity contribution in [3.8, 4) is 0 Å². The van der Waals surface area contributed by atoms with Crippen molar-refractivity contribution in [2.75, 3.05) is 12.4 Å². The van der Waals surface area contributed by atoms with E-state index in [0.29, 0.717) is 12.5 Å². The van der Waals surface area contributed by atoms with E-state index in [2.05, 4.69) is 48.1 Å². The van der Waals surface area contributed by atoms with Crippen LogP contribution in [0.15, 0.2) is 18.7 Å². The molecule has 2 heterocycles. The first-order chi connectivity index (χ1) is 10.9. The Bertz CT molecular complexity index is 629. The molecule has 0 aliphatic rings. The highest BCUT2D eigenvalue weighted by Gasteiger charge is 2.18. The first-order valence-electron chi connectivity index (χ1n) is 7.93. The van der Waals surface area contributed by atoms with Crippen LogP contribution in [-0.2, 0) is 13.1 Å². The first kappa shape index (κ1) is 17.1. The van der Waals surface area contributed by atoms with Gasteiger partial charge >= 0.3 is 6.03 Å². The third-order valence-corrected chi connectivity index (χ3v) is 3.52. The summed E-state index contributed by atoms with van der Waals surface area (Å²) in [4.78, 5) is 20.9. The Balaban J connectivity index is 2.09. The maximum absolute atomic E-state index is 12.4. The highest BCUT2D eigenvalue weighted by molar-refractivity contribution is 5.89. The van der Waals surface area contributed by atoms with Crippen molar-refractivity contribution in [1.82, 2.24) is 24.6 Å². The van der Waals surface area contributed by atoms with Crippen molar-refractivity contribution >= 4 is 11.7 Å². The van der Waals surface area contributed by atoms with Crippen molar-refractivity contribution in [2.45, 2.75) is 46.7 Å². The second-order valence-corrected chi connectivity index (χ2v) is 6.54. The van der Waals surface area contributed by atoms with E-state index >= 15 is 0 Å². The van der Waals surface area contributed by atoms with Gasteiger partial charge in [-0.05, 0) is 11.8 Å². The van der Waals surface area contributed by atoms with Gasteiger partial charge in [0.15, 0.2) is 0 Å². The number of hydrogen-bond acceptors (Lipinski definition) is 3. The molecule has 0 aliphatic heterocycles. The number of hydrogen-bond donors (Lipinski definition) is 2. The molecule has 0 radical (unpaired) electrons. The molecular formula is C16H26N6O. The van der Waals surface area contributed by atoms with Crippen LogP contribution in [0, 0.1) is 5.92 Å². The van der Waals surface area contributed by atoms with Crippen LogP contribution in [0.2, 0.25) is 0 Å². The van der Waals surface area contributed by atoms with E-state index in [4.69, 9.17) is 0 Å². The van der Waals surface area contributed by atoms with Gasteiger partial charge in [0.1, 0.15) is 0 Å². The summed E-state index contributed by atoms with van der Waals surface area (Å²) in [5, 5.41) is 7.40. The zero-order valence-electron chi connectivity index (χ0n) is 14.5. The van der Waals surface area contributed by atoms with Crippen LogP contribution in [0.1, 0.15) is 45.0 Å².